The number of carbonyl (C=O) groups excluding carboxylic acids is 2. The predicted octanol–water partition coefficient (Wildman–Crippen LogP) is 4.58. The van der Waals surface area contributed by atoms with Gasteiger partial charge >= 0.3 is 0 Å². The molecule has 0 aliphatic heterocycles. The predicted molar refractivity (Wildman–Crippen MR) is 105 cm³/mol. The Hall–Kier alpha value is -1.59. The molecule has 0 aromatic heterocycles. The first-order valence-electron chi connectivity index (χ1n) is 9.16. The highest BCUT2D eigenvalue weighted by Gasteiger charge is 2.08. The summed E-state index contributed by atoms with van der Waals surface area (Å²) in [6.45, 7) is 5.22. The topological polar surface area (TPSA) is 70.2 Å². The molecule has 3 N–H and O–H groups in total. The zero-order valence-electron chi connectivity index (χ0n) is 15.3. The monoisotopic (exact) mass is 367 g/mol. The van der Waals surface area contributed by atoms with Crippen LogP contribution in [0.15, 0.2) is 18.2 Å². The van der Waals surface area contributed by atoms with E-state index in [4.69, 9.17) is 11.6 Å². The molecule has 0 spiro atoms. The van der Waals surface area contributed by atoms with E-state index < -0.39 is 0 Å². The largest absolute Gasteiger partial charge is 0.326 e. The Balaban J connectivity index is 2.39. The van der Waals surface area contributed by atoms with E-state index >= 15 is 0 Å². The average Bonchev–Trinajstić information content (AvgIpc) is 2.57. The van der Waals surface area contributed by atoms with Crippen LogP contribution in [0.3, 0.4) is 0 Å². The zero-order valence-corrected chi connectivity index (χ0v) is 16.0. The van der Waals surface area contributed by atoms with Crippen LogP contribution >= 0.6 is 11.6 Å². The highest BCUT2D eigenvalue weighted by molar-refractivity contribution is 6.33. The van der Waals surface area contributed by atoms with Gasteiger partial charge in [-0.1, -0.05) is 51.1 Å². The first-order valence-corrected chi connectivity index (χ1v) is 9.54. The Morgan fingerprint density at radius 3 is 2.44 bits per heavy atom. The fourth-order valence-corrected chi connectivity index (χ4v) is 2.56. The lowest BCUT2D eigenvalue weighted by atomic mass is 10.1. The maximum Gasteiger partial charge on any atom is 0.238 e. The average molecular weight is 368 g/mol. The van der Waals surface area contributed by atoms with Crippen LogP contribution in [0.5, 0.6) is 0 Å². The van der Waals surface area contributed by atoms with Crippen molar-refractivity contribution in [3.8, 4) is 0 Å². The van der Waals surface area contributed by atoms with Crippen molar-refractivity contribution in [3.63, 3.8) is 0 Å². The molecule has 0 fully saturated rings. The smallest absolute Gasteiger partial charge is 0.238 e. The maximum absolute atomic E-state index is 12.0. The van der Waals surface area contributed by atoms with Gasteiger partial charge in [0.2, 0.25) is 11.8 Å². The minimum absolute atomic E-state index is 0.0492. The third-order valence-electron chi connectivity index (χ3n) is 3.74. The quantitative estimate of drug-likeness (QED) is 0.473. The number of rotatable bonds is 12. The molecule has 0 radical (unpaired) electrons. The van der Waals surface area contributed by atoms with Crippen molar-refractivity contribution in [2.45, 2.75) is 58.8 Å². The van der Waals surface area contributed by atoms with E-state index in [1.54, 1.807) is 18.2 Å². The molecule has 140 valence electrons. The summed E-state index contributed by atoms with van der Waals surface area (Å²) in [6, 6.07) is 5.07. The molecule has 0 aliphatic rings. The molecule has 0 bridgehead atoms. The Kier molecular flexibility index (Phi) is 10.9. The van der Waals surface area contributed by atoms with Crippen molar-refractivity contribution in [1.29, 1.82) is 0 Å². The van der Waals surface area contributed by atoms with Crippen LogP contribution < -0.4 is 16.0 Å². The SMILES string of the molecule is CCCCCCCNCC(=O)Nc1cc(NC(=O)CCC)ccc1Cl. The van der Waals surface area contributed by atoms with Gasteiger partial charge in [-0.3, -0.25) is 9.59 Å². The van der Waals surface area contributed by atoms with Crippen LogP contribution in [0.4, 0.5) is 11.4 Å². The van der Waals surface area contributed by atoms with Crippen molar-refractivity contribution in [3.05, 3.63) is 23.2 Å². The van der Waals surface area contributed by atoms with E-state index in [2.05, 4.69) is 22.9 Å². The first-order chi connectivity index (χ1) is 12.1. The van der Waals surface area contributed by atoms with Crippen LogP contribution in [-0.4, -0.2) is 24.9 Å². The molecule has 0 heterocycles. The molecule has 1 aromatic rings. The van der Waals surface area contributed by atoms with Crippen LogP contribution in [0.2, 0.25) is 5.02 Å². The standard InChI is InChI=1S/C19H30ClN3O2/c1-3-5-6-7-8-12-21-14-19(25)23-17-13-15(10-11-16(17)20)22-18(24)9-4-2/h10-11,13,21H,3-9,12,14H2,1-2H3,(H,22,24)(H,23,25). The molecule has 0 unspecified atom stereocenters. The minimum atomic E-state index is -0.146. The number of anilines is 2. The Morgan fingerprint density at radius 1 is 0.960 bits per heavy atom. The van der Waals surface area contributed by atoms with Gasteiger partial charge in [0, 0.05) is 12.1 Å². The van der Waals surface area contributed by atoms with Crippen molar-refractivity contribution >= 4 is 34.8 Å². The van der Waals surface area contributed by atoms with Crippen LogP contribution in [0.1, 0.15) is 58.8 Å². The van der Waals surface area contributed by atoms with E-state index in [-0.39, 0.29) is 18.4 Å². The van der Waals surface area contributed by atoms with Gasteiger partial charge in [-0.2, -0.15) is 0 Å². The Morgan fingerprint density at radius 2 is 1.72 bits per heavy atom. The van der Waals surface area contributed by atoms with Gasteiger partial charge in [0.25, 0.3) is 0 Å². The van der Waals surface area contributed by atoms with Crippen LogP contribution in [-0.2, 0) is 9.59 Å². The summed E-state index contributed by atoms with van der Waals surface area (Å²) in [5, 5.41) is 9.16. The molecule has 0 saturated carbocycles. The van der Waals surface area contributed by atoms with E-state index in [9.17, 15) is 9.59 Å². The molecule has 0 aliphatic carbocycles. The second kappa shape index (κ2) is 12.7. The molecule has 1 rings (SSSR count). The fraction of sp³-hybridized carbons (Fsp3) is 0.579. The lowest BCUT2D eigenvalue weighted by Crippen LogP contribution is -2.28. The molecule has 1 aromatic carbocycles. The van der Waals surface area contributed by atoms with Crippen molar-refractivity contribution in [2.75, 3.05) is 23.7 Å². The van der Waals surface area contributed by atoms with Gasteiger partial charge < -0.3 is 16.0 Å². The van der Waals surface area contributed by atoms with Crippen LogP contribution in [0.25, 0.3) is 0 Å². The van der Waals surface area contributed by atoms with Gasteiger partial charge in [0.15, 0.2) is 0 Å². The summed E-state index contributed by atoms with van der Waals surface area (Å²) >= 11 is 6.12. The molecule has 5 nitrogen and oxygen atoms in total. The summed E-state index contributed by atoms with van der Waals surface area (Å²) in [7, 11) is 0. The third kappa shape index (κ3) is 9.46. The molecule has 2 amide bonds. The number of amides is 2. The number of halogens is 1. The summed E-state index contributed by atoms with van der Waals surface area (Å²) < 4.78 is 0. The van der Waals surface area contributed by atoms with E-state index in [0.717, 1.165) is 19.4 Å². The minimum Gasteiger partial charge on any atom is -0.326 e. The number of carbonyl (C=O) groups is 2. The number of nitrogens with one attached hydrogen (secondary N) is 3. The van der Waals surface area contributed by atoms with Crippen LogP contribution in [0, 0.1) is 0 Å². The van der Waals surface area contributed by atoms with Gasteiger partial charge in [-0.05, 0) is 37.6 Å². The Bertz CT molecular complexity index is 549. The first kappa shape index (κ1) is 21.5. The normalized spacial score (nSPS) is 10.5. The molecular formula is C19H30ClN3O2. The third-order valence-corrected chi connectivity index (χ3v) is 4.07. The van der Waals surface area contributed by atoms with E-state index in [1.807, 2.05) is 6.92 Å². The zero-order chi connectivity index (χ0) is 18.5. The van der Waals surface area contributed by atoms with E-state index in [0.29, 0.717) is 22.8 Å². The lowest BCUT2D eigenvalue weighted by Gasteiger charge is -2.11. The molecule has 25 heavy (non-hydrogen) atoms. The number of hydrogen-bond acceptors (Lipinski definition) is 3. The lowest BCUT2D eigenvalue weighted by molar-refractivity contribution is -0.116. The fourth-order valence-electron chi connectivity index (χ4n) is 2.40. The van der Waals surface area contributed by atoms with Gasteiger partial charge in [0.05, 0.1) is 17.3 Å². The van der Waals surface area contributed by atoms with Crippen molar-refractivity contribution in [1.82, 2.24) is 5.32 Å². The second-order valence-corrected chi connectivity index (χ2v) is 6.54. The highest BCUT2D eigenvalue weighted by atomic mass is 35.5. The Labute approximate surface area is 155 Å². The second-order valence-electron chi connectivity index (χ2n) is 6.13. The summed E-state index contributed by atoms with van der Waals surface area (Å²) in [6.07, 6.45) is 7.26. The molecule has 0 atom stereocenters. The van der Waals surface area contributed by atoms with Gasteiger partial charge in [0.1, 0.15) is 0 Å². The van der Waals surface area contributed by atoms with Gasteiger partial charge in [-0.15, -0.1) is 0 Å². The molecule has 0 saturated heterocycles. The summed E-state index contributed by atoms with van der Waals surface area (Å²) in [4.78, 5) is 23.7. The summed E-state index contributed by atoms with van der Waals surface area (Å²) in [5.74, 6) is -0.195. The van der Waals surface area contributed by atoms with Crippen molar-refractivity contribution in [2.24, 2.45) is 0 Å². The number of unbranched alkanes of at least 4 members (excludes halogenated alkanes) is 4. The molecular weight excluding hydrogens is 338 g/mol. The summed E-state index contributed by atoms with van der Waals surface area (Å²) in [5.41, 5.74) is 1.13. The maximum atomic E-state index is 12.0. The van der Waals surface area contributed by atoms with E-state index in [1.165, 1.54) is 25.7 Å². The highest BCUT2D eigenvalue weighted by Crippen LogP contribution is 2.25. The van der Waals surface area contributed by atoms with Crippen molar-refractivity contribution < 1.29 is 9.59 Å². The van der Waals surface area contributed by atoms with Gasteiger partial charge in [-0.25, -0.2) is 0 Å². The molecule has 6 heteroatoms. The number of benzene rings is 1. The number of hydrogen-bond donors (Lipinski definition) is 3.